The Hall–Kier alpha value is -3.19. The van der Waals surface area contributed by atoms with Crippen LogP contribution in [0.15, 0.2) is 36.5 Å². The first-order chi connectivity index (χ1) is 13.3. The smallest absolute Gasteiger partial charge is 0.303 e. The summed E-state index contributed by atoms with van der Waals surface area (Å²) in [6, 6.07) is 8.45. The maximum Gasteiger partial charge on any atom is 0.303 e. The van der Waals surface area contributed by atoms with Gasteiger partial charge in [0.2, 0.25) is 5.78 Å². The van der Waals surface area contributed by atoms with Crippen LogP contribution < -0.4 is 5.32 Å². The molecule has 2 heterocycles. The number of nitrogens with zero attached hydrogens (tertiary/aromatic N) is 1. The number of aromatic amines is 1. The fourth-order valence-electron chi connectivity index (χ4n) is 2.79. The molecule has 0 spiro atoms. The number of hydrogen-bond donors (Lipinski definition) is 2. The fraction of sp³-hybridized carbons (Fsp3) is 0.200. The number of ketones is 1. The molecule has 1 amide bonds. The zero-order chi connectivity index (χ0) is 20.4. The second kappa shape index (κ2) is 7.82. The molecule has 1 aromatic carbocycles. The molecule has 28 heavy (non-hydrogen) atoms. The fourth-order valence-corrected chi connectivity index (χ4v) is 2.96. The summed E-state index contributed by atoms with van der Waals surface area (Å²) in [6.07, 6.45) is 0.526. The summed E-state index contributed by atoms with van der Waals surface area (Å²) in [5, 5.41) is 3.76. The van der Waals surface area contributed by atoms with Crippen molar-refractivity contribution in [2.24, 2.45) is 0 Å². The van der Waals surface area contributed by atoms with E-state index in [1.165, 1.54) is 13.8 Å². The lowest BCUT2D eigenvalue weighted by molar-refractivity contribution is -0.150. The first-order valence-corrected chi connectivity index (χ1v) is 8.90. The Morgan fingerprint density at radius 1 is 1.21 bits per heavy atom. The van der Waals surface area contributed by atoms with Crippen LogP contribution >= 0.6 is 11.6 Å². The quantitative estimate of drug-likeness (QED) is 0.503. The van der Waals surface area contributed by atoms with Crippen molar-refractivity contribution in [1.29, 1.82) is 0 Å². The molecule has 0 aliphatic rings. The van der Waals surface area contributed by atoms with Crippen LogP contribution in [0.1, 0.15) is 35.6 Å². The molecule has 0 bridgehead atoms. The minimum Gasteiger partial charge on any atom is -0.453 e. The molecule has 2 N–H and O–H groups in total. The number of esters is 1. The van der Waals surface area contributed by atoms with Gasteiger partial charge in [-0.05, 0) is 49.7 Å². The van der Waals surface area contributed by atoms with Gasteiger partial charge in [-0.3, -0.25) is 19.4 Å². The summed E-state index contributed by atoms with van der Waals surface area (Å²) < 4.78 is 4.91. The van der Waals surface area contributed by atoms with Gasteiger partial charge in [0.1, 0.15) is 11.4 Å². The molecule has 3 aromatic rings. The van der Waals surface area contributed by atoms with Crippen molar-refractivity contribution in [2.75, 3.05) is 5.32 Å². The van der Waals surface area contributed by atoms with Crippen LogP contribution in [-0.4, -0.2) is 33.7 Å². The van der Waals surface area contributed by atoms with Crippen molar-refractivity contribution in [3.63, 3.8) is 0 Å². The van der Waals surface area contributed by atoms with E-state index in [1.807, 2.05) is 6.92 Å². The highest BCUT2D eigenvalue weighted by Gasteiger charge is 2.24. The van der Waals surface area contributed by atoms with Gasteiger partial charge in [0, 0.05) is 29.0 Å². The van der Waals surface area contributed by atoms with Gasteiger partial charge in [0.05, 0.1) is 5.69 Å². The number of aryl methyl sites for hydroxylation is 1. The van der Waals surface area contributed by atoms with Crippen molar-refractivity contribution in [2.45, 2.75) is 26.9 Å². The van der Waals surface area contributed by atoms with Crippen molar-refractivity contribution in [1.82, 2.24) is 9.97 Å². The first-order valence-electron chi connectivity index (χ1n) is 8.53. The monoisotopic (exact) mass is 399 g/mol. The van der Waals surface area contributed by atoms with Gasteiger partial charge in [-0.1, -0.05) is 11.6 Å². The highest BCUT2D eigenvalue weighted by Crippen LogP contribution is 2.31. The molecule has 144 valence electrons. The van der Waals surface area contributed by atoms with E-state index in [0.717, 1.165) is 5.56 Å². The van der Waals surface area contributed by atoms with E-state index >= 15 is 0 Å². The summed E-state index contributed by atoms with van der Waals surface area (Å²) in [6.45, 7) is 4.52. The third-order valence-electron chi connectivity index (χ3n) is 4.10. The van der Waals surface area contributed by atoms with Gasteiger partial charge in [-0.25, -0.2) is 0 Å². The van der Waals surface area contributed by atoms with Crippen molar-refractivity contribution in [3.8, 4) is 0 Å². The van der Waals surface area contributed by atoms with E-state index in [4.69, 9.17) is 16.3 Å². The molecule has 1 atom stereocenters. The van der Waals surface area contributed by atoms with Gasteiger partial charge in [-0.15, -0.1) is 0 Å². The molecule has 3 rings (SSSR count). The molecule has 0 saturated carbocycles. The number of fused-ring (bicyclic) bond motifs is 1. The number of benzene rings is 1. The molecule has 1 unspecified atom stereocenters. The molecule has 2 aromatic heterocycles. The van der Waals surface area contributed by atoms with Crippen LogP contribution in [0.2, 0.25) is 5.02 Å². The first kappa shape index (κ1) is 19.6. The Morgan fingerprint density at radius 3 is 2.64 bits per heavy atom. The molecule has 0 fully saturated rings. The second-order valence-corrected chi connectivity index (χ2v) is 6.79. The summed E-state index contributed by atoms with van der Waals surface area (Å²) in [5.74, 6) is -1.52. The van der Waals surface area contributed by atoms with Crippen molar-refractivity contribution < 1.29 is 19.1 Å². The SMILES string of the molecule is CC(=O)OC(C)C(=O)Nc1c(C(=O)c2cc(C)ccn2)[nH]c2cc(Cl)ccc12. The maximum atomic E-state index is 13.0. The largest absolute Gasteiger partial charge is 0.453 e. The van der Waals surface area contributed by atoms with E-state index < -0.39 is 18.0 Å². The molecular formula is C20H18ClN3O4. The Balaban J connectivity index is 2.06. The summed E-state index contributed by atoms with van der Waals surface area (Å²) in [7, 11) is 0. The molecular weight excluding hydrogens is 382 g/mol. The lowest BCUT2D eigenvalue weighted by atomic mass is 10.1. The van der Waals surface area contributed by atoms with Crippen molar-refractivity contribution >= 4 is 45.9 Å². The number of H-pyrrole nitrogens is 1. The topological polar surface area (TPSA) is 101 Å². The number of rotatable bonds is 5. The number of aromatic nitrogens is 2. The average Bonchev–Trinajstić information content (AvgIpc) is 2.97. The molecule has 8 heteroatoms. The second-order valence-electron chi connectivity index (χ2n) is 6.35. The summed E-state index contributed by atoms with van der Waals surface area (Å²) in [5.41, 5.74) is 2.15. The van der Waals surface area contributed by atoms with Gasteiger partial charge >= 0.3 is 5.97 Å². The zero-order valence-electron chi connectivity index (χ0n) is 15.5. The third-order valence-corrected chi connectivity index (χ3v) is 4.33. The zero-order valence-corrected chi connectivity index (χ0v) is 16.3. The van der Waals surface area contributed by atoms with Crippen LogP contribution in [0.4, 0.5) is 5.69 Å². The van der Waals surface area contributed by atoms with Crippen molar-refractivity contribution in [3.05, 3.63) is 58.5 Å². The van der Waals surface area contributed by atoms with E-state index in [0.29, 0.717) is 15.9 Å². The standard InChI is InChI=1S/C20H18ClN3O4/c1-10-6-7-22-16(8-10)19(26)18-17(24-20(27)11(2)28-12(3)25)14-5-4-13(21)9-15(14)23-18/h4-9,11,23H,1-3H3,(H,24,27). The molecule has 7 nitrogen and oxygen atoms in total. The number of halogens is 1. The maximum absolute atomic E-state index is 13.0. The molecule has 0 radical (unpaired) electrons. The van der Waals surface area contributed by atoms with E-state index in [1.54, 1.807) is 36.5 Å². The number of carbonyl (C=O) groups excluding carboxylic acids is 3. The number of hydrogen-bond acceptors (Lipinski definition) is 5. The lowest BCUT2D eigenvalue weighted by Crippen LogP contribution is -2.29. The normalized spacial score (nSPS) is 11.9. The Bertz CT molecular complexity index is 1090. The Labute approximate surface area is 166 Å². The van der Waals surface area contributed by atoms with E-state index in [9.17, 15) is 14.4 Å². The molecule has 0 aliphatic heterocycles. The average molecular weight is 400 g/mol. The number of amides is 1. The van der Waals surface area contributed by atoms with Crippen LogP contribution in [0.3, 0.4) is 0 Å². The van der Waals surface area contributed by atoms with Crippen LogP contribution in [0.5, 0.6) is 0 Å². The van der Waals surface area contributed by atoms with Gasteiger partial charge in [0.15, 0.2) is 6.10 Å². The number of carbonyl (C=O) groups is 3. The minimum atomic E-state index is -1.02. The molecule has 0 aliphatic carbocycles. The van der Waals surface area contributed by atoms with Gasteiger partial charge in [-0.2, -0.15) is 0 Å². The lowest BCUT2D eigenvalue weighted by Gasteiger charge is -2.13. The number of pyridine rings is 1. The van der Waals surface area contributed by atoms with Crippen LogP contribution in [0, 0.1) is 6.92 Å². The van der Waals surface area contributed by atoms with Gasteiger partial charge < -0.3 is 15.0 Å². The summed E-state index contributed by atoms with van der Waals surface area (Å²) >= 11 is 6.05. The van der Waals surface area contributed by atoms with Crippen LogP contribution in [-0.2, 0) is 14.3 Å². The van der Waals surface area contributed by atoms with Crippen LogP contribution in [0.25, 0.3) is 10.9 Å². The third kappa shape index (κ3) is 4.04. The van der Waals surface area contributed by atoms with Gasteiger partial charge in [0.25, 0.3) is 5.91 Å². The highest BCUT2D eigenvalue weighted by molar-refractivity contribution is 6.31. The highest BCUT2D eigenvalue weighted by atomic mass is 35.5. The number of anilines is 1. The van der Waals surface area contributed by atoms with E-state index in [2.05, 4.69) is 15.3 Å². The van der Waals surface area contributed by atoms with E-state index in [-0.39, 0.29) is 22.9 Å². The summed E-state index contributed by atoms with van der Waals surface area (Å²) in [4.78, 5) is 43.8. The predicted molar refractivity (Wildman–Crippen MR) is 106 cm³/mol. The minimum absolute atomic E-state index is 0.166. The Kier molecular flexibility index (Phi) is 5.46. The number of ether oxygens (including phenoxy) is 1. The Morgan fingerprint density at radius 2 is 1.96 bits per heavy atom. The molecule has 0 saturated heterocycles. The predicted octanol–water partition coefficient (Wildman–Crippen LogP) is 3.65. The number of nitrogens with one attached hydrogen (secondary N) is 2.